The van der Waals surface area contributed by atoms with E-state index in [1.165, 1.54) is 97.8 Å². The summed E-state index contributed by atoms with van der Waals surface area (Å²) in [6, 6.07) is 71.6. The van der Waals surface area contributed by atoms with Crippen molar-refractivity contribution >= 4 is 97.3 Å². The molecule has 12 aromatic carbocycles. The highest BCUT2D eigenvalue weighted by molar-refractivity contribution is 6.29. The van der Waals surface area contributed by atoms with Gasteiger partial charge in [0.2, 0.25) is 0 Å². The fourth-order valence-electron chi connectivity index (χ4n) is 9.93. The summed E-state index contributed by atoms with van der Waals surface area (Å²) in [4.78, 5) is 0. The van der Waals surface area contributed by atoms with Gasteiger partial charge in [0.15, 0.2) is 0 Å². The fraction of sp³-hybridized carbons (Fsp3) is 0. The Bertz CT molecular complexity index is 3780. The molecule has 0 N–H and O–H groups in total. The number of hydrogen-bond donors (Lipinski definition) is 0. The standard InChI is InChI=1S/C56H32O/c1-2-9-33(10-3-1)38-19-20-39-30-50-51(32-41(39)29-38)57-56-48(54-43-16-7-5-12-40(43)31-49-42-15-6-4-11-34(42)21-25-47(49)54)28-27-46(55(50)56)44-24-22-37-18-17-35-13-8-14-36-23-26-45(44)53(37)52(35)36/h1-32H. The van der Waals surface area contributed by atoms with Crippen molar-refractivity contribution < 1.29 is 4.42 Å². The number of fused-ring (bicyclic) bond motifs is 8. The summed E-state index contributed by atoms with van der Waals surface area (Å²) < 4.78 is 7.26. The van der Waals surface area contributed by atoms with Gasteiger partial charge in [0.1, 0.15) is 11.2 Å². The zero-order valence-electron chi connectivity index (χ0n) is 30.9. The first-order chi connectivity index (χ1) is 28.2. The van der Waals surface area contributed by atoms with E-state index in [2.05, 4.69) is 194 Å². The van der Waals surface area contributed by atoms with E-state index in [0.717, 1.165) is 32.9 Å². The lowest BCUT2D eigenvalue weighted by molar-refractivity contribution is 0.670. The Labute approximate surface area is 328 Å². The Morgan fingerprint density at radius 1 is 0.263 bits per heavy atom. The summed E-state index contributed by atoms with van der Waals surface area (Å²) in [6.45, 7) is 0. The van der Waals surface area contributed by atoms with Crippen LogP contribution in [0.3, 0.4) is 0 Å². The van der Waals surface area contributed by atoms with Crippen LogP contribution >= 0.6 is 0 Å². The molecule has 1 nitrogen and oxygen atoms in total. The molecule has 57 heavy (non-hydrogen) atoms. The van der Waals surface area contributed by atoms with Gasteiger partial charge in [-0.3, -0.25) is 0 Å². The third kappa shape index (κ3) is 4.40. The van der Waals surface area contributed by atoms with Crippen molar-refractivity contribution in [3.8, 4) is 33.4 Å². The Kier molecular flexibility index (Phi) is 6.23. The molecule has 262 valence electrons. The average Bonchev–Trinajstić information content (AvgIpc) is 3.65. The van der Waals surface area contributed by atoms with Crippen LogP contribution in [0, 0.1) is 0 Å². The van der Waals surface area contributed by atoms with Crippen molar-refractivity contribution in [1.82, 2.24) is 0 Å². The predicted octanol–water partition coefficient (Wildman–Crippen LogP) is 16.1. The van der Waals surface area contributed by atoms with Crippen LogP contribution in [0.4, 0.5) is 0 Å². The van der Waals surface area contributed by atoms with Crippen LogP contribution < -0.4 is 0 Å². The second kappa shape index (κ2) is 11.5. The molecule has 0 saturated carbocycles. The zero-order chi connectivity index (χ0) is 37.2. The summed E-state index contributed by atoms with van der Waals surface area (Å²) in [6.07, 6.45) is 0. The lowest BCUT2D eigenvalue weighted by Gasteiger charge is -2.17. The van der Waals surface area contributed by atoms with Crippen LogP contribution in [0.15, 0.2) is 199 Å². The first-order valence-corrected chi connectivity index (χ1v) is 19.7. The van der Waals surface area contributed by atoms with E-state index in [0.29, 0.717) is 0 Å². The van der Waals surface area contributed by atoms with E-state index in [1.807, 2.05) is 0 Å². The molecule has 0 amide bonds. The van der Waals surface area contributed by atoms with Gasteiger partial charge >= 0.3 is 0 Å². The van der Waals surface area contributed by atoms with Crippen molar-refractivity contribution in [2.75, 3.05) is 0 Å². The van der Waals surface area contributed by atoms with E-state index in [9.17, 15) is 0 Å². The minimum Gasteiger partial charge on any atom is -0.455 e. The maximum atomic E-state index is 7.26. The van der Waals surface area contributed by atoms with E-state index in [-0.39, 0.29) is 0 Å². The van der Waals surface area contributed by atoms with E-state index >= 15 is 0 Å². The summed E-state index contributed by atoms with van der Waals surface area (Å²) in [5.41, 5.74) is 8.92. The third-order valence-corrected chi connectivity index (χ3v) is 12.5. The minimum atomic E-state index is 0.893. The quantitative estimate of drug-likeness (QED) is 0.131. The smallest absolute Gasteiger partial charge is 0.143 e. The van der Waals surface area contributed by atoms with Crippen LogP contribution in [-0.4, -0.2) is 0 Å². The summed E-state index contributed by atoms with van der Waals surface area (Å²) in [7, 11) is 0. The third-order valence-electron chi connectivity index (χ3n) is 12.5. The Hall–Kier alpha value is -7.48. The van der Waals surface area contributed by atoms with Gasteiger partial charge in [-0.2, -0.15) is 0 Å². The maximum Gasteiger partial charge on any atom is 0.143 e. The number of hydrogen-bond acceptors (Lipinski definition) is 1. The SMILES string of the molecule is c1ccc(-c2ccc3cc4c(cc3c2)oc2c(-c3c5ccccc5cc5c3ccc3ccccc35)ccc(-c3ccc5ccc6cccc7ccc3c5c67)c24)cc1. The highest BCUT2D eigenvalue weighted by atomic mass is 16.3. The van der Waals surface area contributed by atoms with Gasteiger partial charge in [-0.05, 0) is 128 Å². The summed E-state index contributed by atoms with van der Waals surface area (Å²) >= 11 is 0. The molecule has 0 bridgehead atoms. The molecule has 0 aliphatic carbocycles. The molecule has 0 unspecified atom stereocenters. The van der Waals surface area contributed by atoms with Crippen LogP contribution in [0.1, 0.15) is 0 Å². The highest BCUT2D eigenvalue weighted by Gasteiger charge is 2.23. The normalized spacial score (nSPS) is 12.2. The average molecular weight is 721 g/mol. The molecule has 0 atom stereocenters. The molecule has 0 fully saturated rings. The molecule has 0 spiro atoms. The Balaban J connectivity index is 1.17. The van der Waals surface area contributed by atoms with Crippen LogP contribution in [0.2, 0.25) is 0 Å². The molecule has 0 radical (unpaired) electrons. The molecule has 13 rings (SSSR count). The van der Waals surface area contributed by atoms with E-state index < -0.39 is 0 Å². The lowest BCUT2D eigenvalue weighted by atomic mass is 9.86. The van der Waals surface area contributed by atoms with Gasteiger partial charge in [-0.25, -0.2) is 0 Å². The van der Waals surface area contributed by atoms with Crippen molar-refractivity contribution in [1.29, 1.82) is 0 Å². The molecule has 0 saturated heterocycles. The van der Waals surface area contributed by atoms with Gasteiger partial charge in [0.05, 0.1) is 0 Å². The van der Waals surface area contributed by atoms with Crippen molar-refractivity contribution in [3.63, 3.8) is 0 Å². The minimum absolute atomic E-state index is 0.893. The lowest BCUT2D eigenvalue weighted by Crippen LogP contribution is -1.90. The molecular formula is C56H32O. The maximum absolute atomic E-state index is 7.26. The summed E-state index contributed by atoms with van der Waals surface area (Å²) in [5.74, 6) is 0. The predicted molar refractivity (Wildman–Crippen MR) is 244 cm³/mol. The fourth-order valence-corrected chi connectivity index (χ4v) is 9.93. The summed E-state index contributed by atoms with van der Waals surface area (Å²) in [5, 5.41) is 19.8. The first kappa shape index (κ1) is 30.8. The number of rotatable bonds is 3. The Morgan fingerprint density at radius 2 is 0.895 bits per heavy atom. The monoisotopic (exact) mass is 720 g/mol. The molecule has 1 aromatic heterocycles. The van der Waals surface area contributed by atoms with Gasteiger partial charge < -0.3 is 4.42 Å². The topological polar surface area (TPSA) is 13.1 Å². The van der Waals surface area contributed by atoms with E-state index in [1.54, 1.807) is 0 Å². The van der Waals surface area contributed by atoms with Gasteiger partial charge in [0, 0.05) is 21.9 Å². The molecule has 13 aromatic rings. The van der Waals surface area contributed by atoms with E-state index in [4.69, 9.17) is 4.42 Å². The second-order valence-corrected chi connectivity index (χ2v) is 15.6. The molecule has 0 aliphatic rings. The van der Waals surface area contributed by atoms with Crippen molar-refractivity contribution in [2.24, 2.45) is 0 Å². The van der Waals surface area contributed by atoms with Gasteiger partial charge in [0.25, 0.3) is 0 Å². The number of furan rings is 1. The Morgan fingerprint density at radius 3 is 1.77 bits per heavy atom. The first-order valence-electron chi connectivity index (χ1n) is 19.7. The van der Waals surface area contributed by atoms with Crippen LogP contribution in [-0.2, 0) is 0 Å². The molecular weight excluding hydrogens is 689 g/mol. The molecule has 1 heteroatoms. The largest absolute Gasteiger partial charge is 0.455 e. The second-order valence-electron chi connectivity index (χ2n) is 15.6. The molecule has 0 aliphatic heterocycles. The van der Waals surface area contributed by atoms with Crippen molar-refractivity contribution in [2.45, 2.75) is 0 Å². The number of benzene rings is 12. The van der Waals surface area contributed by atoms with Crippen LogP contribution in [0.5, 0.6) is 0 Å². The van der Waals surface area contributed by atoms with Gasteiger partial charge in [-0.15, -0.1) is 0 Å². The van der Waals surface area contributed by atoms with Gasteiger partial charge in [-0.1, -0.05) is 164 Å². The van der Waals surface area contributed by atoms with Crippen LogP contribution in [0.25, 0.3) is 131 Å². The molecule has 1 heterocycles. The zero-order valence-corrected chi connectivity index (χ0v) is 30.9. The highest BCUT2D eigenvalue weighted by Crippen LogP contribution is 2.49. The van der Waals surface area contributed by atoms with Crippen molar-refractivity contribution in [3.05, 3.63) is 194 Å².